The Bertz CT molecular complexity index is 1150. The predicted octanol–water partition coefficient (Wildman–Crippen LogP) is 4.17. The number of non-ortho nitro benzene ring substituents is 1. The molecule has 0 spiro atoms. The largest absolute Gasteiger partial charge is 0.465 e. The van der Waals surface area contributed by atoms with E-state index in [9.17, 15) is 19.7 Å². The average Bonchev–Trinajstić information content (AvgIpc) is 3.08. The smallest absolute Gasteiger partial charge is 0.326 e. The van der Waals surface area contributed by atoms with Gasteiger partial charge in [0, 0.05) is 23.4 Å². The lowest BCUT2D eigenvalue weighted by molar-refractivity contribution is -0.384. The van der Waals surface area contributed by atoms with Crippen LogP contribution in [0.1, 0.15) is 19.8 Å². The Hall–Kier alpha value is -2.98. The SMILES string of the molecule is CCOC(=O)Cn1c(=NC(=O)CCCSc2ccccc2)sc2cc([N+](=O)[O-])ccc21. The lowest BCUT2D eigenvalue weighted by atomic mass is 10.3. The maximum atomic E-state index is 12.4. The van der Waals surface area contributed by atoms with Gasteiger partial charge >= 0.3 is 5.97 Å². The van der Waals surface area contributed by atoms with Crippen molar-refractivity contribution in [2.45, 2.75) is 31.2 Å². The highest BCUT2D eigenvalue weighted by Crippen LogP contribution is 2.23. The van der Waals surface area contributed by atoms with E-state index in [0.29, 0.717) is 21.4 Å². The third kappa shape index (κ3) is 6.25. The summed E-state index contributed by atoms with van der Waals surface area (Å²) in [6.45, 7) is 1.82. The second kappa shape index (κ2) is 10.9. The Balaban J connectivity index is 1.78. The van der Waals surface area contributed by atoms with Crippen molar-refractivity contribution in [2.75, 3.05) is 12.4 Å². The van der Waals surface area contributed by atoms with Gasteiger partial charge in [-0.1, -0.05) is 29.5 Å². The number of nitro benzene ring substituents is 1. The Morgan fingerprint density at radius 2 is 2.00 bits per heavy atom. The molecular weight excluding hydrogens is 438 g/mol. The Kier molecular flexibility index (Phi) is 7.96. The number of thioether (sulfide) groups is 1. The molecule has 0 saturated carbocycles. The molecule has 0 bridgehead atoms. The summed E-state index contributed by atoms with van der Waals surface area (Å²) in [6.07, 6.45) is 0.934. The van der Waals surface area contributed by atoms with Crippen LogP contribution in [0.4, 0.5) is 5.69 Å². The van der Waals surface area contributed by atoms with Crippen molar-refractivity contribution in [3.05, 3.63) is 63.4 Å². The monoisotopic (exact) mass is 459 g/mol. The van der Waals surface area contributed by atoms with Crippen LogP contribution in [0.5, 0.6) is 0 Å². The molecule has 0 aliphatic rings. The van der Waals surface area contributed by atoms with E-state index in [2.05, 4.69) is 4.99 Å². The van der Waals surface area contributed by atoms with Crippen molar-refractivity contribution in [3.8, 4) is 0 Å². The third-order valence-electron chi connectivity index (χ3n) is 4.24. The fraction of sp³-hybridized carbons (Fsp3) is 0.286. The number of hydrogen-bond acceptors (Lipinski definition) is 7. The van der Waals surface area contributed by atoms with Crippen LogP contribution in [-0.2, 0) is 20.9 Å². The number of hydrogen-bond donors (Lipinski definition) is 0. The van der Waals surface area contributed by atoms with E-state index in [1.54, 1.807) is 29.3 Å². The molecule has 31 heavy (non-hydrogen) atoms. The van der Waals surface area contributed by atoms with E-state index in [1.807, 2.05) is 30.3 Å². The maximum absolute atomic E-state index is 12.4. The topological polar surface area (TPSA) is 104 Å². The van der Waals surface area contributed by atoms with Crippen molar-refractivity contribution >= 4 is 50.9 Å². The van der Waals surface area contributed by atoms with E-state index < -0.39 is 10.9 Å². The van der Waals surface area contributed by atoms with Crippen LogP contribution in [0, 0.1) is 10.1 Å². The summed E-state index contributed by atoms with van der Waals surface area (Å²) in [4.78, 5) is 40.7. The summed E-state index contributed by atoms with van der Waals surface area (Å²) < 4.78 is 7.16. The van der Waals surface area contributed by atoms with Gasteiger partial charge in [0.2, 0.25) is 5.91 Å². The quantitative estimate of drug-likeness (QED) is 0.156. The van der Waals surface area contributed by atoms with Crippen molar-refractivity contribution < 1.29 is 19.2 Å². The minimum Gasteiger partial charge on any atom is -0.465 e. The zero-order chi connectivity index (χ0) is 22.2. The highest BCUT2D eigenvalue weighted by Gasteiger charge is 2.15. The average molecular weight is 460 g/mol. The molecule has 2 aromatic carbocycles. The van der Waals surface area contributed by atoms with Gasteiger partial charge in [0.05, 0.1) is 21.7 Å². The van der Waals surface area contributed by atoms with E-state index >= 15 is 0 Å². The van der Waals surface area contributed by atoms with Gasteiger partial charge in [-0.15, -0.1) is 11.8 Å². The van der Waals surface area contributed by atoms with Gasteiger partial charge in [-0.2, -0.15) is 4.99 Å². The molecule has 0 N–H and O–H groups in total. The first-order chi connectivity index (χ1) is 15.0. The van der Waals surface area contributed by atoms with Gasteiger partial charge in [-0.25, -0.2) is 0 Å². The Morgan fingerprint density at radius 1 is 1.23 bits per heavy atom. The molecule has 3 rings (SSSR count). The molecule has 8 nitrogen and oxygen atoms in total. The van der Waals surface area contributed by atoms with E-state index in [1.165, 1.54) is 12.1 Å². The normalized spacial score (nSPS) is 11.6. The van der Waals surface area contributed by atoms with Gasteiger partial charge in [0.25, 0.3) is 5.69 Å². The summed E-state index contributed by atoms with van der Waals surface area (Å²) in [5.41, 5.74) is 0.530. The fourth-order valence-corrected chi connectivity index (χ4v) is 4.80. The summed E-state index contributed by atoms with van der Waals surface area (Å²) in [5, 5.41) is 11.1. The van der Waals surface area contributed by atoms with Gasteiger partial charge < -0.3 is 9.30 Å². The molecule has 1 heterocycles. The Morgan fingerprint density at radius 3 is 2.71 bits per heavy atom. The van der Waals surface area contributed by atoms with Crippen LogP contribution < -0.4 is 4.80 Å². The number of aromatic nitrogens is 1. The van der Waals surface area contributed by atoms with Crippen LogP contribution in [0.25, 0.3) is 10.2 Å². The second-order valence-corrected chi connectivity index (χ2v) is 8.63. The molecule has 0 unspecified atom stereocenters. The molecule has 162 valence electrons. The number of carbonyl (C=O) groups excluding carboxylic acids is 2. The highest BCUT2D eigenvalue weighted by molar-refractivity contribution is 7.99. The molecule has 1 amide bonds. The number of thiazole rings is 1. The first-order valence-electron chi connectivity index (χ1n) is 9.66. The van der Waals surface area contributed by atoms with E-state index in [0.717, 1.165) is 22.0 Å². The molecule has 1 aromatic heterocycles. The summed E-state index contributed by atoms with van der Waals surface area (Å²) >= 11 is 2.81. The van der Waals surface area contributed by atoms with Crippen molar-refractivity contribution in [1.82, 2.24) is 4.57 Å². The van der Waals surface area contributed by atoms with Gasteiger partial charge in [-0.3, -0.25) is 19.7 Å². The van der Waals surface area contributed by atoms with Crippen LogP contribution >= 0.6 is 23.1 Å². The number of amides is 1. The number of nitro groups is 1. The van der Waals surface area contributed by atoms with E-state index in [4.69, 9.17) is 4.74 Å². The van der Waals surface area contributed by atoms with Crippen LogP contribution in [0.3, 0.4) is 0 Å². The first kappa shape index (κ1) is 22.7. The Labute approximate surface area is 186 Å². The highest BCUT2D eigenvalue weighted by atomic mass is 32.2. The minimum atomic E-state index is -0.485. The predicted molar refractivity (Wildman–Crippen MR) is 120 cm³/mol. The van der Waals surface area contributed by atoms with Crippen molar-refractivity contribution in [1.29, 1.82) is 0 Å². The second-order valence-electron chi connectivity index (χ2n) is 6.46. The number of nitrogens with zero attached hydrogens (tertiary/aromatic N) is 3. The van der Waals surface area contributed by atoms with Crippen molar-refractivity contribution in [3.63, 3.8) is 0 Å². The summed E-state index contributed by atoms with van der Waals surface area (Å²) in [6, 6.07) is 14.3. The molecule has 10 heteroatoms. The molecule has 0 radical (unpaired) electrons. The van der Waals surface area contributed by atoms with Crippen LogP contribution in [-0.4, -0.2) is 33.7 Å². The van der Waals surface area contributed by atoms with Gasteiger partial charge in [0.1, 0.15) is 6.54 Å². The number of esters is 1. The number of fused-ring (bicyclic) bond motifs is 1. The lowest BCUT2D eigenvalue weighted by Gasteiger charge is -2.05. The van der Waals surface area contributed by atoms with Gasteiger partial charge in [-0.05, 0) is 37.3 Å². The molecule has 3 aromatic rings. The zero-order valence-corrected chi connectivity index (χ0v) is 18.5. The standard InChI is InChI=1S/C21H21N3O5S2/c1-2-29-20(26)14-23-17-11-10-15(24(27)28)13-18(17)31-21(23)22-19(25)9-6-12-30-16-7-4-3-5-8-16/h3-5,7-8,10-11,13H,2,6,9,12,14H2,1H3. The van der Waals surface area contributed by atoms with Crippen LogP contribution in [0.2, 0.25) is 0 Å². The van der Waals surface area contributed by atoms with Gasteiger partial charge in [0.15, 0.2) is 4.80 Å². The zero-order valence-electron chi connectivity index (χ0n) is 16.9. The number of benzene rings is 2. The molecule has 0 aliphatic heterocycles. The number of ether oxygens (including phenoxy) is 1. The molecule has 0 aliphatic carbocycles. The summed E-state index contributed by atoms with van der Waals surface area (Å²) in [5.74, 6) is 0.0215. The minimum absolute atomic E-state index is 0.0622. The van der Waals surface area contributed by atoms with Crippen molar-refractivity contribution in [2.24, 2.45) is 4.99 Å². The fourth-order valence-electron chi connectivity index (χ4n) is 2.84. The number of carbonyl (C=O) groups is 2. The third-order valence-corrected chi connectivity index (χ3v) is 6.38. The van der Waals surface area contributed by atoms with E-state index in [-0.39, 0.29) is 31.2 Å². The van der Waals surface area contributed by atoms with Crippen LogP contribution in [0.15, 0.2) is 58.4 Å². The molecule has 0 fully saturated rings. The molecule has 0 saturated heterocycles. The molecular formula is C21H21N3O5S2. The lowest BCUT2D eigenvalue weighted by Crippen LogP contribution is -2.23. The molecule has 0 atom stereocenters. The maximum Gasteiger partial charge on any atom is 0.326 e. The number of rotatable bonds is 9. The first-order valence-corrected chi connectivity index (χ1v) is 11.5. The summed E-state index contributed by atoms with van der Waals surface area (Å²) in [7, 11) is 0.